The van der Waals surface area contributed by atoms with Crippen LogP contribution in [0.5, 0.6) is 0 Å². The van der Waals surface area contributed by atoms with E-state index in [0.717, 1.165) is 18.7 Å². The molecule has 1 heterocycles. The molecule has 0 bridgehead atoms. The van der Waals surface area contributed by atoms with E-state index >= 15 is 0 Å². The zero-order chi connectivity index (χ0) is 13.0. The normalized spacial score (nSPS) is 11.2. The van der Waals surface area contributed by atoms with Gasteiger partial charge < -0.3 is 5.73 Å². The minimum atomic E-state index is 0.819. The molecule has 0 unspecified atom stereocenters. The Balaban J connectivity index is 2.23. The van der Waals surface area contributed by atoms with Gasteiger partial charge in [-0.25, -0.2) is 0 Å². The fraction of sp³-hybridized carbons (Fsp3) is 0.533. The van der Waals surface area contributed by atoms with Gasteiger partial charge in [-0.15, -0.1) is 0 Å². The van der Waals surface area contributed by atoms with Crippen molar-refractivity contribution in [2.75, 3.05) is 5.73 Å². The summed E-state index contributed by atoms with van der Waals surface area (Å²) in [5.41, 5.74) is 9.06. The van der Waals surface area contributed by atoms with E-state index < -0.39 is 0 Å². The van der Waals surface area contributed by atoms with Gasteiger partial charge in [0, 0.05) is 17.6 Å². The lowest BCUT2D eigenvalue weighted by Gasteiger charge is -2.03. The minimum absolute atomic E-state index is 0.819. The Morgan fingerprint density at radius 2 is 2.00 bits per heavy atom. The van der Waals surface area contributed by atoms with Crippen LogP contribution >= 0.6 is 0 Å². The molecule has 0 spiro atoms. The number of rotatable bonds is 6. The van der Waals surface area contributed by atoms with Gasteiger partial charge in [0.1, 0.15) is 0 Å². The molecule has 0 amide bonds. The molecule has 0 atom stereocenters. The van der Waals surface area contributed by atoms with Crippen LogP contribution < -0.4 is 5.73 Å². The van der Waals surface area contributed by atoms with Crippen LogP contribution in [0.25, 0.3) is 10.9 Å². The van der Waals surface area contributed by atoms with E-state index in [0.29, 0.717) is 0 Å². The predicted molar refractivity (Wildman–Crippen MR) is 77.7 cm³/mol. The van der Waals surface area contributed by atoms with E-state index in [1.165, 1.54) is 42.3 Å². The van der Waals surface area contributed by atoms with Crippen LogP contribution in [0.2, 0.25) is 0 Å². The van der Waals surface area contributed by atoms with Crippen LogP contribution in [0.15, 0.2) is 18.2 Å². The van der Waals surface area contributed by atoms with Gasteiger partial charge in [0.15, 0.2) is 0 Å². The highest BCUT2D eigenvalue weighted by atomic mass is 15.3. The summed E-state index contributed by atoms with van der Waals surface area (Å²) < 4.78 is 2.13. The average Bonchev–Trinajstić information content (AvgIpc) is 2.72. The number of benzene rings is 1. The SMILES string of the molecule is CCCCCCn1nc(CC)c2ccc(N)cc21. The number of aryl methyl sites for hydroxylation is 2. The Labute approximate surface area is 109 Å². The van der Waals surface area contributed by atoms with Gasteiger partial charge in [-0.05, 0) is 31.0 Å². The molecule has 0 aliphatic heterocycles. The number of fused-ring (bicyclic) bond motifs is 1. The third kappa shape index (κ3) is 2.66. The fourth-order valence-electron chi connectivity index (χ4n) is 2.38. The van der Waals surface area contributed by atoms with E-state index in [1.54, 1.807) is 0 Å². The summed E-state index contributed by atoms with van der Waals surface area (Å²) in [4.78, 5) is 0. The zero-order valence-electron chi connectivity index (χ0n) is 11.4. The average molecular weight is 245 g/mol. The molecular formula is C15H23N3. The van der Waals surface area contributed by atoms with Crippen LogP contribution in [0.4, 0.5) is 5.69 Å². The van der Waals surface area contributed by atoms with Gasteiger partial charge in [-0.2, -0.15) is 5.10 Å². The molecule has 18 heavy (non-hydrogen) atoms. The van der Waals surface area contributed by atoms with Crippen LogP contribution in [0.3, 0.4) is 0 Å². The number of nitrogen functional groups attached to an aromatic ring is 1. The van der Waals surface area contributed by atoms with Gasteiger partial charge in [0.25, 0.3) is 0 Å². The first-order valence-corrected chi connectivity index (χ1v) is 7.01. The summed E-state index contributed by atoms with van der Waals surface area (Å²) in [6, 6.07) is 6.10. The lowest BCUT2D eigenvalue weighted by atomic mass is 10.1. The quantitative estimate of drug-likeness (QED) is 0.622. The van der Waals surface area contributed by atoms with E-state index in [-0.39, 0.29) is 0 Å². The molecule has 2 N–H and O–H groups in total. The summed E-state index contributed by atoms with van der Waals surface area (Å²) >= 11 is 0. The summed E-state index contributed by atoms with van der Waals surface area (Å²) in [7, 11) is 0. The Kier molecular flexibility index (Phi) is 4.24. The topological polar surface area (TPSA) is 43.8 Å². The summed E-state index contributed by atoms with van der Waals surface area (Å²) in [6.07, 6.45) is 6.03. The Bertz CT molecular complexity index is 514. The second-order valence-electron chi connectivity index (χ2n) is 4.86. The maximum Gasteiger partial charge on any atom is 0.0705 e. The second-order valence-corrected chi connectivity index (χ2v) is 4.86. The standard InChI is InChI=1S/C15H23N3/c1-3-5-6-7-10-18-15-11-12(16)8-9-13(15)14(4-2)17-18/h8-9,11H,3-7,10,16H2,1-2H3. The lowest BCUT2D eigenvalue weighted by molar-refractivity contribution is 0.549. The number of aromatic nitrogens is 2. The summed E-state index contributed by atoms with van der Waals surface area (Å²) in [5, 5.41) is 5.96. The zero-order valence-corrected chi connectivity index (χ0v) is 11.4. The molecular weight excluding hydrogens is 222 g/mol. The lowest BCUT2D eigenvalue weighted by Crippen LogP contribution is -2.01. The minimum Gasteiger partial charge on any atom is -0.399 e. The molecule has 0 saturated heterocycles. The van der Waals surface area contributed by atoms with Crippen molar-refractivity contribution >= 4 is 16.6 Å². The summed E-state index contributed by atoms with van der Waals surface area (Å²) in [6.45, 7) is 5.39. The molecule has 1 aromatic carbocycles. The first kappa shape index (κ1) is 12.9. The number of anilines is 1. The number of hydrogen-bond donors (Lipinski definition) is 1. The molecule has 0 aliphatic rings. The fourth-order valence-corrected chi connectivity index (χ4v) is 2.38. The smallest absolute Gasteiger partial charge is 0.0705 e. The molecule has 98 valence electrons. The van der Waals surface area contributed by atoms with Crippen molar-refractivity contribution < 1.29 is 0 Å². The number of nitrogens with two attached hydrogens (primary N) is 1. The van der Waals surface area contributed by atoms with E-state index in [4.69, 9.17) is 10.8 Å². The first-order valence-electron chi connectivity index (χ1n) is 7.01. The highest BCUT2D eigenvalue weighted by molar-refractivity contribution is 5.84. The largest absolute Gasteiger partial charge is 0.399 e. The van der Waals surface area contributed by atoms with E-state index in [2.05, 4.69) is 24.6 Å². The second kappa shape index (κ2) is 5.89. The molecule has 2 aromatic rings. The van der Waals surface area contributed by atoms with Crippen molar-refractivity contribution in [1.29, 1.82) is 0 Å². The first-order chi connectivity index (χ1) is 8.76. The molecule has 0 fully saturated rings. The maximum atomic E-state index is 5.88. The molecule has 3 heteroatoms. The van der Waals surface area contributed by atoms with Crippen molar-refractivity contribution in [1.82, 2.24) is 9.78 Å². The van der Waals surface area contributed by atoms with Crippen LogP contribution in [-0.4, -0.2) is 9.78 Å². The molecule has 0 radical (unpaired) electrons. The molecule has 2 rings (SSSR count). The number of hydrogen-bond acceptors (Lipinski definition) is 2. The van der Waals surface area contributed by atoms with Crippen molar-refractivity contribution in [2.24, 2.45) is 0 Å². The summed E-state index contributed by atoms with van der Waals surface area (Å²) in [5.74, 6) is 0. The van der Waals surface area contributed by atoms with Crippen molar-refractivity contribution in [3.8, 4) is 0 Å². The highest BCUT2D eigenvalue weighted by Gasteiger charge is 2.08. The van der Waals surface area contributed by atoms with Crippen molar-refractivity contribution in [3.05, 3.63) is 23.9 Å². The Morgan fingerprint density at radius 1 is 1.17 bits per heavy atom. The predicted octanol–water partition coefficient (Wildman–Crippen LogP) is 3.76. The molecule has 1 aromatic heterocycles. The molecule has 0 aliphatic carbocycles. The maximum absolute atomic E-state index is 5.88. The third-order valence-electron chi connectivity index (χ3n) is 3.41. The number of nitrogens with zero attached hydrogens (tertiary/aromatic N) is 2. The third-order valence-corrected chi connectivity index (χ3v) is 3.41. The van der Waals surface area contributed by atoms with E-state index in [1.807, 2.05) is 12.1 Å². The van der Waals surface area contributed by atoms with Gasteiger partial charge in [0.05, 0.1) is 11.2 Å². The Hall–Kier alpha value is -1.51. The van der Waals surface area contributed by atoms with Crippen LogP contribution in [-0.2, 0) is 13.0 Å². The van der Waals surface area contributed by atoms with E-state index in [9.17, 15) is 0 Å². The van der Waals surface area contributed by atoms with Gasteiger partial charge >= 0.3 is 0 Å². The Morgan fingerprint density at radius 3 is 2.72 bits per heavy atom. The van der Waals surface area contributed by atoms with Gasteiger partial charge in [0.2, 0.25) is 0 Å². The monoisotopic (exact) mass is 245 g/mol. The van der Waals surface area contributed by atoms with Crippen LogP contribution in [0.1, 0.15) is 45.2 Å². The van der Waals surface area contributed by atoms with Crippen molar-refractivity contribution in [2.45, 2.75) is 52.5 Å². The van der Waals surface area contributed by atoms with Gasteiger partial charge in [-0.3, -0.25) is 4.68 Å². The van der Waals surface area contributed by atoms with Crippen LogP contribution in [0, 0.1) is 0 Å². The van der Waals surface area contributed by atoms with Crippen molar-refractivity contribution in [3.63, 3.8) is 0 Å². The van der Waals surface area contributed by atoms with Gasteiger partial charge in [-0.1, -0.05) is 33.1 Å². The molecule has 0 saturated carbocycles. The highest BCUT2D eigenvalue weighted by Crippen LogP contribution is 2.22. The number of unbranched alkanes of at least 4 members (excludes halogenated alkanes) is 3. The molecule has 3 nitrogen and oxygen atoms in total.